The lowest BCUT2D eigenvalue weighted by Gasteiger charge is -2.36. The Morgan fingerprint density at radius 3 is 2.92 bits per heavy atom. The smallest absolute Gasteiger partial charge is 0.309 e. The highest BCUT2D eigenvalue weighted by Crippen LogP contribution is 2.42. The largest absolute Gasteiger partial charge is 0.466 e. The van der Waals surface area contributed by atoms with E-state index in [2.05, 4.69) is 30.1 Å². The van der Waals surface area contributed by atoms with Gasteiger partial charge >= 0.3 is 5.97 Å². The average Bonchev–Trinajstić information content (AvgIpc) is 3.05. The Morgan fingerprint density at radius 1 is 1.35 bits per heavy atom. The first-order valence-electron chi connectivity index (χ1n) is 9.63. The second-order valence-electron chi connectivity index (χ2n) is 6.91. The van der Waals surface area contributed by atoms with Crippen LogP contribution in [0.5, 0.6) is 0 Å². The van der Waals surface area contributed by atoms with E-state index < -0.39 is 5.60 Å². The van der Waals surface area contributed by atoms with E-state index in [0.717, 1.165) is 24.1 Å². The summed E-state index contributed by atoms with van der Waals surface area (Å²) >= 11 is 0. The van der Waals surface area contributed by atoms with E-state index in [1.807, 2.05) is 6.92 Å². The zero-order chi connectivity index (χ0) is 18.6. The summed E-state index contributed by atoms with van der Waals surface area (Å²) in [6, 6.07) is 6.38. The van der Waals surface area contributed by atoms with E-state index in [9.17, 15) is 9.18 Å². The number of halogens is 1. The molecular weight excluding hydrogens is 333 g/mol. The van der Waals surface area contributed by atoms with Crippen molar-refractivity contribution >= 4 is 16.9 Å². The number of aromatic amines is 1. The molecule has 26 heavy (non-hydrogen) atoms. The van der Waals surface area contributed by atoms with Gasteiger partial charge in [0.15, 0.2) is 0 Å². The normalized spacial score (nSPS) is 19.5. The Hall–Kier alpha value is -1.88. The molecule has 0 aliphatic carbocycles. The van der Waals surface area contributed by atoms with Gasteiger partial charge in [-0.25, -0.2) is 0 Å². The second-order valence-corrected chi connectivity index (χ2v) is 6.91. The molecule has 0 bridgehead atoms. The second kappa shape index (κ2) is 8.21. The molecule has 2 heterocycles. The van der Waals surface area contributed by atoms with Gasteiger partial charge in [-0.3, -0.25) is 9.18 Å². The Balaban J connectivity index is 1.89. The van der Waals surface area contributed by atoms with Gasteiger partial charge < -0.3 is 14.5 Å². The number of esters is 1. The number of benzene rings is 1. The lowest BCUT2D eigenvalue weighted by molar-refractivity contribution is -0.155. The summed E-state index contributed by atoms with van der Waals surface area (Å²) in [5.74, 6) is -0.284. The molecule has 1 aromatic carbocycles. The molecule has 0 spiro atoms. The molecule has 4 nitrogen and oxygen atoms in total. The quantitative estimate of drug-likeness (QED) is 0.553. The van der Waals surface area contributed by atoms with Crippen LogP contribution in [0.15, 0.2) is 18.2 Å². The number of carbonyl (C=O) groups is 1. The maximum absolute atomic E-state index is 12.4. The molecule has 1 aliphatic heterocycles. The first kappa shape index (κ1) is 18.9. The van der Waals surface area contributed by atoms with Crippen LogP contribution >= 0.6 is 0 Å². The van der Waals surface area contributed by atoms with Crippen molar-refractivity contribution in [3.63, 3.8) is 0 Å². The summed E-state index contributed by atoms with van der Waals surface area (Å²) < 4.78 is 23.6. The zero-order valence-electron chi connectivity index (χ0n) is 15.7. The number of hydrogen-bond donors (Lipinski definition) is 1. The van der Waals surface area contributed by atoms with Crippen molar-refractivity contribution in [1.82, 2.24) is 4.98 Å². The molecule has 1 atom stereocenters. The third kappa shape index (κ3) is 3.50. The van der Waals surface area contributed by atoms with Gasteiger partial charge in [0.2, 0.25) is 0 Å². The number of H-pyrrole nitrogens is 1. The number of alkyl halides is 1. The summed E-state index contributed by atoms with van der Waals surface area (Å²) in [5, 5.41) is 1.23. The number of aryl methyl sites for hydroxylation is 1. The number of fused-ring (bicyclic) bond motifs is 3. The van der Waals surface area contributed by atoms with Gasteiger partial charge in [-0.1, -0.05) is 32.0 Å². The maximum Gasteiger partial charge on any atom is 0.309 e. The van der Waals surface area contributed by atoms with Crippen LogP contribution < -0.4 is 0 Å². The average molecular weight is 361 g/mol. The monoisotopic (exact) mass is 361 g/mol. The fourth-order valence-electron chi connectivity index (χ4n) is 3.91. The molecule has 0 saturated carbocycles. The van der Waals surface area contributed by atoms with Gasteiger partial charge in [-0.15, -0.1) is 0 Å². The van der Waals surface area contributed by atoms with E-state index in [4.69, 9.17) is 9.47 Å². The number of unbranched alkanes of at least 4 members (excludes halogenated alkanes) is 1. The van der Waals surface area contributed by atoms with Crippen LogP contribution in [0.25, 0.3) is 10.9 Å². The summed E-state index contributed by atoms with van der Waals surface area (Å²) in [4.78, 5) is 16.0. The van der Waals surface area contributed by atoms with Crippen molar-refractivity contribution in [2.75, 3.05) is 19.9 Å². The maximum atomic E-state index is 12.4. The highest BCUT2D eigenvalue weighted by Gasteiger charge is 2.41. The molecule has 0 amide bonds. The van der Waals surface area contributed by atoms with E-state index in [1.54, 1.807) is 0 Å². The molecule has 5 heteroatoms. The number of carbonyl (C=O) groups excluding carboxylic acids is 1. The number of hydrogen-bond acceptors (Lipinski definition) is 3. The Labute approximate surface area is 154 Å². The van der Waals surface area contributed by atoms with Gasteiger partial charge in [-0.05, 0) is 43.2 Å². The molecule has 0 radical (unpaired) electrons. The minimum atomic E-state index is -0.672. The molecule has 1 aliphatic rings. The Bertz CT molecular complexity index is 770. The van der Waals surface area contributed by atoms with Gasteiger partial charge in [0, 0.05) is 10.9 Å². The van der Waals surface area contributed by atoms with Crippen molar-refractivity contribution in [3.05, 3.63) is 35.0 Å². The lowest BCUT2D eigenvalue weighted by atomic mass is 9.86. The molecule has 1 N–H and O–H groups in total. The molecule has 3 rings (SSSR count). The van der Waals surface area contributed by atoms with E-state index in [-0.39, 0.29) is 25.7 Å². The summed E-state index contributed by atoms with van der Waals surface area (Å²) in [7, 11) is 0. The molecule has 1 aromatic heterocycles. The van der Waals surface area contributed by atoms with Gasteiger partial charge in [0.05, 0.1) is 32.0 Å². The fourth-order valence-corrected chi connectivity index (χ4v) is 3.91. The molecule has 1 unspecified atom stereocenters. The SMILES string of the molecule is CCc1cccc2c3c([nH]c12)C(CC)(CC(=O)OCCCCF)OCC3. The topological polar surface area (TPSA) is 51.3 Å². The minimum absolute atomic E-state index is 0.181. The molecule has 0 fully saturated rings. The zero-order valence-corrected chi connectivity index (χ0v) is 15.7. The summed E-state index contributed by atoms with van der Waals surface area (Å²) in [6.07, 6.45) is 3.64. The van der Waals surface area contributed by atoms with Crippen molar-refractivity contribution in [2.45, 2.75) is 58.0 Å². The van der Waals surface area contributed by atoms with Crippen LogP contribution in [-0.4, -0.2) is 30.8 Å². The number of nitrogens with one attached hydrogen (secondary N) is 1. The number of rotatable bonds is 8. The standard InChI is InChI=1S/C21H28FNO3/c1-3-15-8-7-9-16-17-10-13-26-21(4-2,20(17)23-19(15)16)14-18(24)25-12-6-5-11-22/h7-9,23H,3-6,10-14H2,1-2H3. The summed E-state index contributed by atoms with van der Waals surface area (Å²) in [6.45, 7) is 4.67. The third-order valence-electron chi connectivity index (χ3n) is 5.39. The number of aromatic nitrogens is 1. The summed E-state index contributed by atoms with van der Waals surface area (Å²) in [5.41, 5.74) is 4.03. The Kier molecular flexibility index (Phi) is 5.97. The number of ether oxygens (including phenoxy) is 2. The van der Waals surface area contributed by atoms with Crippen LogP contribution in [0.1, 0.15) is 56.4 Å². The molecule has 0 saturated heterocycles. The molecule has 142 valence electrons. The van der Waals surface area contributed by atoms with Crippen molar-refractivity contribution < 1.29 is 18.7 Å². The van der Waals surface area contributed by atoms with Crippen LogP contribution in [0.4, 0.5) is 4.39 Å². The molecular formula is C21H28FNO3. The van der Waals surface area contributed by atoms with E-state index in [1.165, 1.54) is 16.5 Å². The van der Waals surface area contributed by atoms with Crippen molar-refractivity contribution in [2.24, 2.45) is 0 Å². The van der Waals surface area contributed by atoms with Gasteiger partial charge in [-0.2, -0.15) is 0 Å². The van der Waals surface area contributed by atoms with Crippen molar-refractivity contribution in [1.29, 1.82) is 0 Å². The van der Waals surface area contributed by atoms with E-state index in [0.29, 0.717) is 25.9 Å². The minimum Gasteiger partial charge on any atom is -0.466 e. The highest BCUT2D eigenvalue weighted by molar-refractivity contribution is 5.88. The fraction of sp³-hybridized carbons (Fsp3) is 0.571. The third-order valence-corrected chi connectivity index (χ3v) is 5.39. The Morgan fingerprint density at radius 2 is 2.19 bits per heavy atom. The van der Waals surface area contributed by atoms with Gasteiger partial charge in [0.1, 0.15) is 5.60 Å². The van der Waals surface area contributed by atoms with Crippen molar-refractivity contribution in [3.8, 4) is 0 Å². The molecule has 2 aromatic rings. The van der Waals surface area contributed by atoms with E-state index >= 15 is 0 Å². The highest BCUT2D eigenvalue weighted by atomic mass is 19.1. The van der Waals surface area contributed by atoms with Crippen LogP contribution in [0, 0.1) is 0 Å². The lowest BCUT2D eigenvalue weighted by Crippen LogP contribution is -2.37. The van der Waals surface area contributed by atoms with Crippen LogP contribution in [-0.2, 0) is 32.7 Å². The predicted octanol–water partition coefficient (Wildman–Crippen LogP) is 4.59. The van der Waals surface area contributed by atoms with Crippen LogP contribution in [0.2, 0.25) is 0 Å². The van der Waals surface area contributed by atoms with Gasteiger partial charge in [0.25, 0.3) is 0 Å². The van der Waals surface area contributed by atoms with Crippen LogP contribution in [0.3, 0.4) is 0 Å². The first-order valence-corrected chi connectivity index (χ1v) is 9.63. The first-order chi connectivity index (χ1) is 12.6. The number of para-hydroxylation sites is 1. The predicted molar refractivity (Wildman–Crippen MR) is 100 cm³/mol.